The zero-order valence-electron chi connectivity index (χ0n) is 17.4. The zero-order chi connectivity index (χ0) is 20.2. The number of thiophene rings is 1. The average molecular weight is 435 g/mol. The van der Waals surface area contributed by atoms with Crippen LogP contribution in [0.5, 0.6) is 0 Å². The molecule has 1 aliphatic heterocycles. The van der Waals surface area contributed by atoms with Crippen molar-refractivity contribution in [3.63, 3.8) is 0 Å². The highest BCUT2D eigenvalue weighted by Gasteiger charge is 2.27. The second-order valence-corrected chi connectivity index (χ2v) is 9.58. The number of piperazine rings is 1. The molecule has 0 atom stereocenters. The maximum atomic E-state index is 12.4. The number of anilines is 1. The highest BCUT2D eigenvalue weighted by molar-refractivity contribution is 7.19. The van der Waals surface area contributed by atoms with Crippen LogP contribution in [0, 0.1) is 0 Å². The number of hydrogen-bond acceptors (Lipinski definition) is 5. The van der Waals surface area contributed by atoms with Crippen molar-refractivity contribution in [1.82, 2.24) is 14.9 Å². The quantitative estimate of drug-likeness (QED) is 0.598. The molecule has 29 heavy (non-hydrogen) atoms. The highest BCUT2D eigenvalue weighted by Crippen LogP contribution is 2.40. The van der Waals surface area contributed by atoms with E-state index in [4.69, 9.17) is 21.6 Å². The Morgan fingerprint density at radius 3 is 2.66 bits per heavy atom. The van der Waals surface area contributed by atoms with E-state index in [1.54, 1.807) is 0 Å². The molecule has 0 N–H and O–H groups in total. The smallest absolute Gasteiger partial charge is 0.222 e. The molecule has 158 valence electrons. The standard InChI is InChI=1S/C22H31ClN4OS/c1-2-3-9-18-24-21(20-16-7-4-5-8-17(16)29-22(20)25-18)27-14-12-26(13-15-27)19(28)10-6-11-23/h2-15H2,1H3. The largest absolute Gasteiger partial charge is 0.352 e. The summed E-state index contributed by atoms with van der Waals surface area (Å²) in [6, 6.07) is 0. The van der Waals surface area contributed by atoms with Crippen LogP contribution in [0.2, 0.25) is 0 Å². The Labute approximate surface area is 182 Å². The molecule has 3 heterocycles. The van der Waals surface area contributed by atoms with Crippen molar-refractivity contribution in [3.8, 4) is 0 Å². The van der Waals surface area contributed by atoms with Crippen LogP contribution in [0.4, 0.5) is 5.82 Å². The number of alkyl halides is 1. The van der Waals surface area contributed by atoms with E-state index in [1.165, 1.54) is 39.9 Å². The average Bonchev–Trinajstić information content (AvgIpc) is 3.14. The van der Waals surface area contributed by atoms with Crippen molar-refractivity contribution in [2.75, 3.05) is 37.0 Å². The summed E-state index contributed by atoms with van der Waals surface area (Å²) in [4.78, 5) is 29.5. The van der Waals surface area contributed by atoms with Crippen molar-refractivity contribution in [2.24, 2.45) is 0 Å². The SMILES string of the molecule is CCCCc1nc(N2CCN(C(=O)CCCCl)CC2)c2c3c(sc2n1)CCCC3. The molecule has 0 saturated carbocycles. The number of nitrogens with zero attached hydrogens (tertiary/aromatic N) is 4. The Kier molecular flexibility index (Phi) is 6.91. The predicted molar refractivity (Wildman–Crippen MR) is 121 cm³/mol. The fourth-order valence-electron chi connectivity index (χ4n) is 4.40. The van der Waals surface area contributed by atoms with Crippen molar-refractivity contribution >= 4 is 44.9 Å². The van der Waals surface area contributed by atoms with Gasteiger partial charge in [0.1, 0.15) is 16.5 Å². The Balaban J connectivity index is 1.60. The molecule has 0 radical (unpaired) electrons. The van der Waals surface area contributed by atoms with Crippen molar-refractivity contribution < 1.29 is 4.79 Å². The summed E-state index contributed by atoms with van der Waals surface area (Å²) in [5, 5.41) is 1.30. The van der Waals surface area contributed by atoms with Gasteiger partial charge in [-0.2, -0.15) is 0 Å². The molecule has 2 aromatic heterocycles. The molecular weight excluding hydrogens is 404 g/mol. The van der Waals surface area contributed by atoms with Crippen LogP contribution in [0.1, 0.15) is 61.7 Å². The third-order valence-corrected chi connectivity index (χ3v) is 7.50. The molecule has 5 nitrogen and oxygen atoms in total. The van der Waals surface area contributed by atoms with Gasteiger partial charge in [-0.05, 0) is 44.1 Å². The number of unbranched alkanes of at least 4 members (excludes halogenated alkanes) is 1. The Bertz CT molecular complexity index is 860. The van der Waals surface area contributed by atoms with Crippen LogP contribution >= 0.6 is 22.9 Å². The fraction of sp³-hybridized carbons (Fsp3) is 0.682. The van der Waals surface area contributed by atoms with Crippen LogP contribution in [-0.4, -0.2) is 52.8 Å². The summed E-state index contributed by atoms with van der Waals surface area (Å²) in [6.45, 7) is 5.43. The molecule has 1 aliphatic carbocycles. The summed E-state index contributed by atoms with van der Waals surface area (Å²) in [7, 11) is 0. The lowest BCUT2D eigenvalue weighted by Crippen LogP contribution is -2.49. The summed E-state index contributed by atoms with van der Waals surface area (Å²) in [5.74, 6) is 2.88. The van der Waals surface area contributed by atoms with Crippen LogP contribution in [-0.2, 0) is 24.1 Å². The topological polar surface area (TPSA) is 49.3 Å². The van der Waals surface area contributed by atoms with E-state index in [2.05, 4.69) is 11.8 Å². The van der Waals surface area contributed by atoms with Gasteiger partial charge in [-0.15, -0.1) is 22.9 Å². The van der Waals surface area contributed by atoms with Gasteiger partial charge >= 0.3 is 0 Å². The van der Waals surface area contributed by atoms with Crippen molar-refractivity contribution in [3.05, 3.63) is 16.3 Å². The van der Waals surface area contributed by atoms with E-state index in [0.717, 1.165) is 69.9 Å². The first-order valence-corrected chi connectivity index (χ1v) is 12.5. The van der Waals surface area contributed by atoms with Gasteiger partial charge in [0.15, 0.2) is 0 Å². The molecule has 2 aliphatic rings. The molecule has 1 amide bonds. The van der Waals surface area contributed by atoms with Gasteiger partial charge in [0.2, 0.25) is 5.91 Å². The van der Waals surface area contributed by atoms with Gasteiger partial charge in [-0.25, -0.2) is 9.97 Å². The van der Waals surface area contributed by atoms with E-state index in [1.807, 2.05) is 16.2 Å². The Morgan fingerprint density at radius 2 is 1.90 bits per heavy atom. The second kappa shape index (κ2) is 9.61. The van der Waals surface area contributed by atoms with Crippen LogP contribution < -0.4 is 4.90 Å². The highest BCUT2D eigenvalue weighted by atomic mass is 35.5. The molecule has 1 saturated heterocycles. The minimum atomic E-state index is 0.231. The van der Waals surface area contributed by atoms with Crippen LogP contribution in [0.3, 0.4) is 0 Å². The first-order valence-electron chi connectivity index (χ1n) is 11.1. The Morgan fingerprint density at radius 1 is 1.10 bits per heavy atom. The summed E-state index contributed by atoms with van der Waals surface area (Å²) >= 11 is 7.63. The molecule has 0 unspecified atom stereocenters. The van der Waals surface area contributed by atoms with E-state index in [9.17, 15) is 4.79 Å². The second-order valence-electron chi connectivity index (χ2n) is 8.12. The maximum absolute atomic E-state index is 12.4. The van der Waals surface area contributed by atoms with Gasteiger partial charge in [0.05, 0.1) is 5.39 Å². The van der Waals surface area contributed by atoms with Gasteiger partial charge in [0, 0.05) is 49.8 Å². The zero-order valence-corrected chi connectivity index (χ0v) is 19.0. The van der Waals surface area contributed by atoms with E-state index < -0.39 is 0 Å². The number of hydrogen-bond donors (Lipinski definition) is 0. The lowest BCUT2D eigenvalue weighted by Gasteiger charge is -2.36. The lowest BCUT2D eigenvalue weighted by molar-refractivity contribution is -0.131. The summed E-state index contributed by atoms with van der Waals surface area (Å²) < 4.78 is 0. The van der Waals surface area contributed by atoms with Gasteiger partial charge in [-0.1, -0.05) is 13.3 Å². The number of rotatable bonds is 7. The normalized spacial score (nSPS) is 17.0. The summed E-state index contributed by atoms with van der Waals surface area (Å²) in [6.07, 6.45) is 9.42. The number of halogens is 1. The number of carbonyl (C=O) groups excluding carboxylic acids is 1. The van der Waals surface area contributed by atoms with Gasteiger partial charge in [0.25, 0.3) is 0 Å². The number of amides is 1. The third-order valence-electron chi connectivity index (χ3n) is 6.05. The number of aryl methyl sites for hydroxylation is 3. The van der Waals surface area contributed by atoms with E-state index in [-0.39, 0.29) is 5.91 Å². The first kappa shape index (κ1) is 20.9. The predicted octanol–water partition coefficient (Wildman–Crippen LogP) is 4.58. The number of carbonyl (C=O) groups is 1. The van der Waals surface area contributed by atoms with E-state index in [0.29, 0.717) is 12.3 Å². The fourth-order valence-corrected chi connectivity index (χ4v) is 5.81. The molecule has 1 fully saturated rings. The van der Waals surface area contributed by atoms with Crippen LogP contribution in [0.15, 0.2) is 0 Å². The molecule has 0 spiro atoms. The number of aromatic nitrogens is 2. The number of fused-ring (bicyclic) bond motifs is 3. The molecule has 2 aromatic rings. The molecule has 0 bridgehead atoms. The minimum absolute atomic E-state index is 0.231. The monoisotopic (exact) mass is 434 g/mol. The van der Waals surface area contributed by atoms with Crippen LogP contribution in [0.25, 0.3) is 10.2 Å². The summed E-state index contributed by atoms with van der Waals surface area (Å²) in [5.41, 5.74) is 1.49. The van der Waals surface area contributed by atoms with E-state index >= 15 is 0 Å². The van der Waals surface area contributed by atoms with Crippen molar-refractivity contribution in [2.45, 2.75) is 64.7 Å². The van der Waals surface area contributed by atoms with Gasteiger partial charge < -0.3 is 9.80 Å². The maximum Gasteiger partial charge on any atom is 0.222 e. The molecule has 0 aromatic carbocycles. The molecular formula is C22H31ClN4OS. The molecule has 4 rings (SSSR count). The Hall–Kier alpha value is -1.40. The molecule has 7 heteroatoms. The first-order chi connectivity index (χ1) is 14.2. The van der Waals surface area contributed by atoms with Gasteiger partial charge in [-0.3, -0.25) is 4.79 Å². The van der Waals surface area contributed by atoms with Crippen molar-refractivity contribution in [1.29, 1.82) is 0 Å². The minimum Gasteiger partial charge on any atom is -0.352 e. The third kappa shape index (κ3) is 4.53. The lowest BCUT2D eigenvalue weighted by atomic mass is 9.97.